The Balaban J connectivity index is 1.93. The number of nitrogens with zero attached hydrogens (tertiary/aromatic N) is 3. The van der Waals surface area contributed by atoms with E-state index in [-0.39, 0.29) is 6.04 Å². The van der Waals surface area contributed by atoms with Gasteiger partial charge in [-0.2, -0.15) is 0 Å². The smallest absolute Gasteiger partial charge is 0.147 e. The number of hydrogen-bond donors (Lipinski definition) is 1. The molecule has 0 aliphatic carbocycles. The fourth-order valence-electron chi connectivity index (χ4n) is 1.80. The summed E-state index contributed by atoms with van der Waals surface area (Å²) in [7, 11) is 0. The van der Waals surface area contributed by atoms with Gasteiger partial charge in [0.2, 0.25) is 0 Å². The van der Waals surface area contributed by atoms with Crippen LogP contribution < -0.4 is 5.32 Å². The van der Waals surface area contributed by atoms with E-state index in [4.69, 9.17) is 0 Å². The average Bonchev–Trinajstić information content (AvgIpc) is 3.06. The van der Waals surface area contributed by atoms with E-state index in [9.17, 15) is 0 Å². The SMILES string of the molecule is CCC(Nc1ncnc2ccsc12)c1nccs1. The molecule has 3 rings (SSSR count). The van der Waals surface area contributed by atoms with Gasteiger partial charge in [0.15, 0.2) is 0 Å². The van der Waals surface area contributed by atoms with Crippen LogP contribution in [0.4, 0.5) is 5.82 Å². The monoisotopic (exact) mass is 276 g/mol. The van der Waals surface area contributed by atoms with Crippen molar-refractivity contribution in [3.8, 4) is 0 Å². The highest BCUT2D eigenvalue weighted by Gasteiger charge is 2.14. The second-order valence-electron chi connectivity index (χ2n) is 3.83. The van der Waals surface area contributed by atoms with Crippen LogP contribution in [0.3, 0.4) is 0 Å². The molecule has 1 atom stereocenters. The maximum absolute atomic E-state index is 4.37. The first-order valence-electron chi connectivity index (χ1n) is 5.72. The van der Waals surface area contributed by atoms with Crippen LogP contribution in [0.1, 0.15) is 24.4 Å². The fourth-order valence-corrected chi connectivity index (χ4v) is 3.37. The maximum atomic E-state index is 4.37. The van der Waals surface area contributed by atoms with Crippen LogP contribution in [0, 0.1) is 0 Å². The van der Waals surface area contributed by atoms with Gasteiger partial charge in [0.25, 0.3) is 0 Å². The lowest BCUT2D eigenvalue weighted by molar-refractivity contribution is 0.739. The van der Waals surface area contributed by atoms with E-state index in [0.29, 0.717) is 0 Å². The third-order valence-electron chi connectivity index (χ3n) is 2.71. The lowest BCUT2D eigenvalue weighted by Gasteiger charge is -2.15. The first-order chi connectivity index (χ1) is 8.88. The van der Waals surface area contributed by atoms with Gasteiger partial charge in [-0.05, 0) is 17.9 Å². The highest BCUT2D eigenvalue weighted by Crippen LogP contribution is 2.29. The highest BCUT2D eigenvalue weighted by molar-refractivity contribution is 7.17. The molecule has 6 heteroatoms. The van der Waals surface area contributed by atoms with E-state index in [0.717, 1.165) is 27.5 Å². The molecule has 0 fully saturated rings. The molecule has 4 nitrogen and oxygen atoms in total. The van der Waals surface area contributed by atoms with Gasteiger partial charge in [-0.1, -0.05) is 6.92 Å². The van der Waals surface area contributed by atoms with Crippen molar-refractivity contribution in [3.63, 3.8) is 0 Å². The summed E-state index contributed by atoms with van der Waals surface area (Å²) in [6, 6.07) is 2.22. The summed E-state index contributed by atoms with van der Waals surface area (Å²) in [5, 5.41) is 8.60. The van der Waals surface area contributed by atoms with Gasteiger partial charge in [0.05, 0.1) is 16.3 Å². The Morgan fingerprint density at radius 1 is 1.22 bits per heavy atom. The lowest BCUT2D eigenvalue weighted by Crippen LogP contribution is -2.10. The standard InChI is InChI=1S/C12H12N4S2/c1-2-8(12-13-4-6-18-12)16-11-10-9(3-5-17-10)14-7-15-11/h3-8H,2H2,1H3,(H,14,15,16). The molecule has 0 spiro atoms. The third-order valence-corrected chi connectivity index (χ3v) is 4.51. The molecule has 3 aromatic heterocycles. The van der Waals surface area contributed by atoms with E-state index < -0.39 is 0 Å². The van der Waals surface area contributed by atoms with E-state index in [1.54, 1.807) is 29.0 Å². The number of fused-ring (bicyclic) bond motifs is 1. The zero-order chi connectivity index (χ0) is 12.4. The van der Waals surface area contributed by atoms with Gasteiger partial charge < -0.3 is 5.32 Å². The number of anilines is 1. The average molecular weight is 276 g/mol. The predicted octanol–water partition coefficient (Wildman–Crippen LogP) is 3.71. The van der Waals surface area contributed by atoms with E-state index in [2.05, 4.69) is 27.2 Å². The summed E-state index contributed by atoms with van der Waals surface area (Å²) in [5.74, 6) is 0.900. The van der Waals surface area contributed by atoms with Crippen molar-refractivity contribution in [2.45, 2.75) is 19.4 Å². The normalized spacial score (nSPS) is 12.7. The largest absolute Gasteiger partial charge is 0.360 e. The zero-order valence-electron chi connectivity index (χ0n) is 9.83. The molecule has 3 heterocycles. The minimum Gasteiger partial charge on any atom is -0.360 e. The van der Waals surface area contributed by atoms with Crippen molar-refractivity contribution in [2.75, 3.05) is 5.32 Å². The van der Waals surface area contributed by atoms with E-state index in [1.807, 2.05) is 23.0 Å². The minimum atomic E-state index is 0.213. The number of thiazole rings is 1. The Morgan fingerprint density at radius 2 is 2.17 bits per heavy atom. The molecule has 0 aliphatic rings. The number of nitrogens with one attached hydrogen (secondary N) is 1. The Labute approximate surface area is 113 Å². The molecule has 0 radical (unpaired) electrons. The summed E-state index contributed by atoms with van der Waals surface area (Å²) in [6.07, 6.45) is 4.42. The first-order valence-corrected chi connectivity index (χ1v) is 7.48. The van der Waals surface area contributed by atoms with Gasteiger partial charge >= 0.3 is 0 Å². The number of hydrogen-bond acceptors (Lipinski definition) is 6. The van der Waals surface area contributed by atoms with Gasteiger partial charge in [-0.15, -0.1) is 22.7 Å². The highest BCUT2D eigenvalue weighted by atomic mass is 32.1. The van der Waals surface area contributed by atoms with Crippen LogP contribution in [-0.4, -0.2) is 15.0 Å². The molecule has 3 aromatic rings. The molecule has 1 N–H and O–H groups in total. The predicted molar refractivity (Wildman–Crippen MR) is 76.2 cm³/mol. The van der Waals surface area contributed by atoms with E-state index in [1.165, 1.54) is 0 Å². The van der Waals surface area contributed by atoms with E-state index >= 15 is 0 Å². The van der Waals surface area contributed by atoms with Gasteiger partial charge in [-0.25, -0.2) is 15.0 Å². The third kappa shape index (κ3) is 2.09. The second kappa shape index (κ2) is 4.99. The Hall–Kier alpha value is -1.53. The maximum Gasteiger partial charge on any atom is 0.147 e. The molecule has 0 saturated carbocycles. The van der Waals surface area contributed by atoms with Crippen LogP contribution in [0.5, 0.6) is 0 Å². The van der Waals surface area contributed by atoms with Crippen molar-refractivity contribution in [1.82, 2.24) is 15.0 Å². The molecule has 92 valence electrons. The fraction of sp³-hybridized carbons (Fsp3) is 0.250. The molecule has 18 heavy (non-hydrogen) atoms. The molecule has 1 unspecified atom stereocenters. The van der Waals surface area contributed by atoms with Crippen LogP contribution in [0.15, 0.2) is 29.4 Å². The second-order valence-corrected chi connectivity index (χ2v) is 5.68. The Morgan fingerprint density at radius 3 is 2.94 bits per heavy atom. The molecular formula is C12H12N4S2. The van der Waals surface area contributed by atoms with Crippen LogP contribution in [0.25, 0.3) is 10.2 Å². The van der Waals surface area contributed by atoms with Crippen molar-refractivity contribution in [1.29, 1.82) is 0 Å². The van der Waals surface area contributed by atoms with Gasteiger partial charge in [-0.3, -0.25) is 0 Å². The minimum absolute atomic E-state index is 0.213. The summed E-state index contributed by atoms with van der Waals surface area (Å²) in [4.78, 5) is 13.0. The van der Waals surface area contributed by atoms with Gasteiger partial charge in [0.1, 0.15) is 17.2 Å². The van der Waals surface area contributed by atoms with Crippen LogP contribution in [-0.2, 0) is 0 Å². The van der Waals surface area contributed by atoms with Crippen LogP contribution in [0.2, 0.25) is 0 Å². The molecule has 0 amide bonds. The number of rotatable bonds is 4. The van der Waals surface area contributed by atoms with Gasteiger partial charge in [0, 0.05) is 11.6 Å². The summed E-state index contributed by atoms with van der Waals surface area (Å²) in [6.45, 7) is 2.14. The molecule has 0 bridgehead atoms. The summed E-state index contributed by atoms with van der Waals surface area (Å²) >= 11 is 3.33. The Bertz CT molecular complexity index is 632. The van der Waals surface area contributed by atoms with Crippen molar-refractivity contribution >= 4 is 38.7 Å². The quantitative estimate of drug-likeness (QED) is 0.789. The molecule has 0 saturated heterocycles. The Kier molecular flexibility index (Phi) is 3.21. The first kappa shape index (κ1) is 11.6. The van der Waals surface area contributed by atoms with Crippen molar-refractivity contribution in [2.24, 2.45) is 0 Å². The zero-order valence-corrected chi connectivity index (χ0v) is 11.5. The summed E-state index contributed by atoms with van der Waals surface area (Å²) in [5.41, 5.74) is 0.992. The number of thiophene rings is 1. The van der Waals surface area contributed by atoms with Crippen molar-refractivity contribution < 1.29 is 0 Å². The molecule has 0 aliphatic heterocycles. The topological polar surface area (TPSA) is 50.7 Å². The van der Waals surface area contributed by atoms with Crippen molar-refractivity contribution in [3.05, 3.63) is 34.4 Å². The lowest BCUT2D eigenvalue weighted by atomic mass is 10.2. The summed E-state index contributed by atoms with van der Waals surface area (Å²) < 4.78 is 1.10. The van der Waals surface area contributed by atoms with Crippen LogP contribution >= 0.6 is 22.7 Å². The molecular weight excluding hydrogens is 264 g/mol. The number of aromatic nitrogens is 3. The molecule has 0 aromatic carbocycles.